The first-order valence-corrected chi connectivity index (χ1v) is 12.6. The van der Waals surface area contributed by atoms with E-state index < -0.39 is 17.2 Å². The number of fused-ring (bicyclic) bond motifs is 1. The van der Waals surface area contributed by atoms with Crippen molar-refractivity contribution in [3.05, 3.63) is 58.1 Å². The molecule has 39 heavy (non-hydrogen) atoms. The Labute approximate surface area is 222 Å². The summed E-state index contributed by atoms with van der Waals surface area (Å²) >= 11 is 0. The van der Waals surface area contributed by atoms with Crippen LogP contribution in [0.2, 0.25) is 0 Å². The van der Waals surface area contributed by atoms with Gasteiger partial charge >= 0.3 is 12.0 Å². The van der Waals surface area contributed by atoms with Crippen LogP contribution in [-0.2, 0) is 0 Å². The summed E-state index contributed by atoms with van der Waals surface area (Å²) in [6, 6.07) is 8.63. The van der Waals surface area contributed by atoms with Crippen molar-refractivity contribution in [2.45, 2.75) is 18.9 Å². The zero-order valence-electron chi connectivity index (χ0n) is 21.4. The van der Waals surface area contributed by atoms with E-state index in [-0.39, 0.29) is 17.0 Å². The van der Waals surface area contributed by atoms with E-state index in [1.165, 1.54) is 6.20 Å². The summed E-state index contributed by atoms with van der Waals surface area (Å²) in [6.45, 7) is 1.99. The largest absolute Gasteiger partial charge is 0.493 e. The summed E-state index contributed by atoms with van der Waals surface area (Å²) < 4.78 is 33.6. The molecule has 6 rings (SSSR count). The number of ether oxygens (including phenoxy) is 2. The maximum atomic E-state index is 15.3. The molecule has 202 valence electrons. The monoisotopic (exact) mass is 535 g/mol. The first kappa shape index (κ1) is 24.7. The lowest BCUT2D eigenvalue weighted by molar-refractivity contribution is 0.0695. The van der Waals surface area contributed by atoms with Crippen LogP contribution in [-0.4, -0.2) is 66.2 Å². The molecule has 2 aromatic heterocycles. The van der Waals surface area contributed by atoms with Gasteiger partial charge in [0.1, 0.15) is 11.4 Å². The molecule has 4 aromatic rings. The third-order valence-corrected chi connectivity index (χ3v) is 7.21. The summed E-state index contributed by atoms with van der Waals surface area (Å²) in [5.41, 5.74) is 0.586. The van der Waals surface area contributed by atoms with Gasteiger partial charge in [-0.25, -0.2) is 9.18 Å². The first-order valence-electron chi connectivity index (χ1n) is 12.6. The number of hydrogen-bond donors (Lipinski definition) is 1. The number of rotatable bonds is 7. The molecule has 0 bridgehead atoms. The van der Waals surface area contributed by atoms with Crippen molar-refractivity contribution in [1.82, 2.24) is 14.8 Å². The molecule has 1 aliphatic heterocycles. The van der Waals surface area contributed by atoms with Gasteiger partial charge in [-0.05, 0) is 43.2 Å². The zero-order chi connectivity index (χ0) is 27.3. The number of aromatic nitrogens is 3. The summed E-state index contributed by atoms with van der Waals surface area (Å²) in [6.07, 6.45) is 3.16. The lowest BCUT2D eigenvalue weighted by Gasteiger charge is -2.35. The smallest absolute Gasteiger partial charge is 0.341 e. The fourth-order valence-electron chi connectivity index (χ4n) is 4.98. The number of pyridine rings is 1. The van der Waals surface area contributed by atoms with E-state index in [0.717, 1.165) is 18.9 Å². The fraction of sp³-hybridized carbons (Fsp3) is 0.333. The molecule has 3 heterocycles. The highest BCUT2D eigenvalue weighted by Gasteiger charge is 2.29. The highest BCUT2D eigenvalue weighted by Crippen LogP contribution is 2.38. The number of aromatic carboxylic acids is 1. The Morgan fingerprint density at radius 2 is 1.74 bits per heavy atom. The number of anilines is 2. The molecule has 11 nitrogen and oxygen atoms in total. The van der Waals surface area contributed by atoms with Crippen LogP contribution in [0.25, 0.3) is 22.4 Å². The molecule has 1 saturated heterocycles. The van der Waals surface area contributed by atoms with Crippen molar-refractivity contribution in [3.63, 3.8) is 0 Å². The maximum Gasteiger partial charge on any atom is 0.341 e. The summed E-state index contributed by atoms with van der Waals surface area (Å²) in [4.78, 5) is 28.2. The predicted molar refractivity (Wildman–Crippen MR) is 141 cm³/mol. The molecule has 2 aliphatic rings. The second-order valence-electron chi connectivity index (χ2n) is 9.57. The molecule has 0 spiro atoms. The van der Waals surface area contributed by atoms with Crippen molar-refractivity contribution < 1.29 is 28.2 Å². The Kier molecular flexibility index (Phi) is 6.09. The molecule has 2 aromatic carbocycles. The first-order chi connectivity index (χ1) is 18.9. The number of halogens is 1. The van der Waals surface area contributed by atoms with Crippen LogP contribution in [0.15, 0.2) is 45.7 Å². The number of carbonyl (C=O) groups is 1. The van der Waals surface area contributed by atoms with Gasteiger partial charge in [0.15, 0.2) is 11.5 Å². The second kappa shape index (κ2) is 9.61. The Hall–Kier alpha value is -4.61. The average Bonchev–Trinajstić information content (AvgIpc) is 3.68. The summed E-state index contributed by atoms with van der Waals surface area (Å²) in [5.74, 6) is -0.395. The third-order valence-electron chi connectivity index (χ3n) is 7.21. The van der Waals surface area contributed by atoms with Gasteiger partial charge < -0.3 is 33.4 Å². The molecule has 0 radical (unpaired) electrons. The molecule has 1 N–H and O–H groups in total. The van der Waals surface area contributed by atoms with Gasteiger partial charge in [-0.3, -0.25) is 4.79 Å². The van der Waals surface area contributed by atoms with Crippen LogP contribution in [0.1, 0.15) is 29.2 Å². The highest BCUT2D eigenvalue weighted by molar-refractivity contribution is 5.93. The Balaban J connectivity index is 1.23. The van der Waals surface area contributed by atoms with Crippen LogP contribution >= 0.6 is 0 Å². The Bertz CT molecular complexity index is 1640. The number of carboxylic acids is 1. The average molecular weight is 536 g/mol. The fourth-order valence-corrected chi connectivity index (χ4v) is 4.98. The van der Waals surface area contributed by atoms with Crippen LogP contribution in [0, 0.1) is 5.82 Å². The molecule has 12 heteroatoms. The number of benzene rings is 2. The lowest BCUT2D eigenvalue weighted by Crippen LogP contribution is -2.47. The van der Waals surface area contributed by atoms with Crippen molar-refractivity contribution in [1.29, 1.82) is 0 Å². The third kappa shape index (κ3) is 4.41. The van der Waals surface area contributed by atoms with Gasteiger partial charge in [0.05, 0.1) is 25.4 Å². The quantitative estimate of drug-likeness (QED) is 0.376. The summed E-state index contributed by atoms with van der Waals surface area (Å²) in [5, 5.41) is 17.9. The van der Waals surface area contributed by atoms with Crippen LogP contribution < -0.4 is 24.7 Å². The van der Waals surface area contributed by atoms with Crippen molar-refractivity contribution in [3.8, 4) is 23.0 Å². The van der Waals surface area contributed by atoms with Gasteiger partial charge in [-0.2, -0.15) is 0 Å². The van der Waals surface area contributed by atoms with Gasteiger partial charge in [-0.15, -0.1) is 5.10 Å². The molecule has 0 atom stereocenters. The highest BCUT2D eigenvalue weighted by atomic mass is 19.1. The standard InChI is InChI=1S/C27H26FN5O6/c1-37-22-6-3-15(11-23(22)38-2)25-29-30-27(39-25)32-9-7-31(8-10-32)21-13-20-17(12-19(21)28)24(34)18(26(35)36)14-33(20)16-4-5-16/h3,6,11-14,16H,4-5,7-10H2,1-2H3,(H,35,36). The van der Waals surface area contributed by atoms with Crippen LogP contribution in [0.3, 0.4) is 0 Å². The Morgan fingerprint density at radius 1 is 1.03 bits per heavy atom. The van der Waals surface area contributed by atoms with E-state index in [2.05, 4.69) is 10.2 Å². The van der Waals surface area contributed by atoms with E-state index in [9.17, 15) is 14.7 Å². The molecular weight excluding hydrogens is 509 g/mol. The molecule has 0 amide bonds. The number of methoxy groups -OCH3 is 2. The molecular formula is C27H26FN5O6. The normalized spacial score (nSPS) is 15.6. The second-order valence-corrected chi connectivity index (χ2v) is 9.57. The SMILES string of the molecule is COc1ccc(-c2nnc(N3CCN(c4cc5c(cc4F)c(=O)c(C(=O)O)cn5C4CC4)CC3)o2)cc1OC. The number of piperazine rings is 1. The minimum Gasteiger partial charge on any atom is -0.493 e. The van der Waals surface area contributed by atoms with Crippen molar-refractivity contribution >= 4 is 28.6 Å². The number of nitrogens with zero attached hydrogens (tertiary/aromatic N) is 5. The van der Waals surface area contributed by atoms with Crippen molar-refractivity contribution in [2.24, 2.45) is 0 Å². The van der Waals surface area contributed by atoms with E-state index >= 15 is 4.39 Å². The molecule has 2 fully saturated rings. The van der Waals surface area contributed by atoms with Gasteiger partial charge in [0, 0.05) is 49.4 Å². The number of hydrogen-bond acceptors (Lipinski definition) is 9. The molecule has 0 unspecified atom stereocenters. The van der Waals surface area contributed by atoms with Gasteiger partial charge in [0.2, 0.25) is 11.3 Å². The lowest BCUT2D eigenvalue weighted by atomic mass is 10.1. The summed E-state index contributed by atoms with van der Waals surface area (Å²) in [7, 11) is 3.12. The Morgan fingerprint density at radius 3 is 2.41 bits per heavy atom. The maximum absolute atomic E-state index is 15.3. The van der Waals surface area contributed by atoms with E-state index in [1.54, 1.807) is 43.1 Å². The van der Waals surface area contributed by atoms with Crippen LogP contribution in [0.4, 0.5) is 16.1 Å². The van der Waals surface area contributed by atoms with E-state index in [0.29, 0.717) is 66.4 Å². The van der Waals surface area contributed by atoms with E-state index in [4.69, 9.17) is 13.9 Å². The molecule has 1 aliphatic carbocycles. The predicted octanol–water partition coefficient (Wildman–Crippen LogP) is 3.57. The molecule has 1 saturated carbocycles. The van der Waals surface area contributed by atoms with Crippen LogP contribution in [0.5, 0.6) is 11.5 Å². The van der Waals surface area contributed by atoms with Crippen molar-refractivity contribution in [2.75, 3.05) is 50.2 Å². The minimum absolute atomic E-state index is 0.0789. The van der Waals surface area contributed by atoms with E-state index in [1.807, 2.05) is 9.80 Å². The number of carboxylic acid groups (broad SMARTS) is 1. The van der Waals surface area contributed by atoms with Gasteiger partial charge in [-0.1, -0.05) is 5.10 Å². The topological polar surface area (TPSA) is 123 Å². The zero-order valence-corrected chi connectivity index (χ0v) is 21.4. The minimum atomic E-state index is -1.31. The van der Waals surface area contributed by atoms with Gasteiger partial charge in [0.25, 0.3) is 0 Å².